The van der Waals surface area contributed by atoms with E-state index in [0.29, 0.717) is 49.5 Å². The molecule has 3 heterocycles. The second kappa shape index (κ2) is 10.3. The standard InChI is InChI=1S/C22H30N6O4/c1-5-11-28-18-16(7-6-10-23-18)25-19(20(28)29)27-12-8-15(9-13-27)24-22(31)26-17(14(2)3)21(30)32-4/h5-7,10,14-15,17H,1,8-9,11-13H2,2-4H3,(H2,24,26,31). The van der Waals surface area contributed by atoms with Gasteiger partial charge in [-0.05, 0) is 30.9 Å². The van der Waals surface area contributed by atoms with Gasteiger partial charge in [0.05, 0.1) is 7.11 Å². The monoisotopic (exact) mass is 442 g/mol. The average Bonchev–Trinajstić information content (AvgIpc) is 2.79. The summed E-state index contributed by atoms with van der Waals surface area (Å²) < 4.78 is 6.33. The van der Waals surface area contributed by atoms with Crippen molar-refractivity contribution in [1.29, 1.82) is 0 Å². The fourth-order valence-corrected chi connectivity index (χ4v) is 3.80. The fourth-order valence-electron chi connectivity index (χ4n) is 3.80. The molecule has 3 rings (SSSR count). The minimum atomic E-state index is -0.709. The molecule has 10 heteroatoms. The van der Waals surface area contributed by atoms with Crippen molar-refractivity contribution in [2.24, 2.45) is 5.92 Å². The third-order valence-corrected chi connectivity index (χ3v) is 5.53. The average molecular weight is 443 g/mol. The zero-order valence-corrected chi connectivity index (χ0v) is 18.7. The molecule has 0 aromatic carbocycles. The maximum atomic E-state index is 13.1. The Kier molecular flexibility index (Phi) is 7.45. The lowest BCUT2D eigenvalue weighted by Crippen LogP contribution is -2.53. The molecule has 2 amide bonds. The number of fused-ring (bicyclic) bond motifs is 1. The summed E-state index contributed by atoms with van der Waals surface area (Å²) in [5, 5.41) is 5.61. The molecule has 0 aliphatic carbocycles. The van der Waals surface area contributed by atoms with Crippen molar-refractivity contribution in [1.82, 2.24) is 25.2 Å². The van der Waals surface area contributed by atoms with E-state index in [1.807, 2.05) is 24.8 Å². The highest BCUT2D eigenvalue weighted by Crippen LogP contribution is 2.18. The van der Waals surface area contributed by atoms with E-state index in [2.05, 4.69) is 27.2 Å². The second-order valence-corrected chi connectivity index (χ2v) is 8.11. The Labute approximate surface area is 186 Å². The van der Waals surface area contributed by atoms with E-state index in [9.17, 15) is 14.4 Å². The summed E-state index contributed by atoms with van der Waals surface area (Å²) in [5.41, 5.74) is 0.962. The predicted octanol–water partition coefficient (Wildman–Crippen LogP) is 1.44. The smallest absolute Gasteiger partial charge is 0.328 e. The van der Waals surface area contributed by atoms with Gasteiger partial charge in [0, 0.05) is 31.9 Å². The number of amides is 2. The second-order valence-electron chi connectivity index (χ2n) is 8.11. The van der Waals surface area contributed by atoms with Crippen LogP contribution < -0.4 is 21.1 Å². The molecule has 2 N–H and O–H groups in total. The van der Waals surface area contributed by atoms with Gasteiger partial charge in [-0.3, -0.25) is 9.36 Å². The Hall–Kier alpha value is -3.43. The minimum absolute atomic E-state index is 0.0748. The van der Waals surface area contributed by atoms with Crippen LogP contribution in [0.5, 0.6) is 0 Å². The molecule has 1 fully saturated rings. The number of rotatable bonds is 7. The van der Waals surface area contributed by atoms with Crippen molar-refractivity contribution < 1.29 is 14.3 Å². The Balaban J connectivity index is 1.67. The summed E-state index contributed by atoms with van der Waals surface area (Å²) in [4.78, 5) is 48.1. The number of aromatic nitrogens is 3. The third-order valence-electron chi connectivity index (χ3n) is 5.53. The number of ether oxygens (including phenoxy) is 1. The molecule has 10 nitrogen and oxygen atoms in total. The zero-order chi connectivity index (χ0) is 23.3. The topological polar surface area (TPSA) is 118 Å². The van der Waals surface area contributed by atoms with Crippen LogP contribution in [0.2, 0.25) is 0 Å². The Morgan fingerprint density at radius 2 is 2.06 bits per heavy atom. The van der Waals surface area contributed by atoms with E-state index in [4.69, 9.17) is 4.74 Å². The van der Waals surface area contributed by atoms with Gasteiger partial charge in [-0.25, -0.2) is 19.6 Å². The molecular weight excluding hydrogens is 412 g/mol. The van der Waals surface area contributed by atoms with Crippen molar-refractivity contribution in [3.8, 4) is 0 Å². The van der Waals surface area contributed by atoms with Crippen LogP contribution in [0.1, 0.15) is 26.7 Å². The number of esters is 1. The van der Waals surface area contributed by atoms with E-state index in [0.717, 1.165) is 0 Å². The largest absolute Gasteiger partial charge is 0.467 e. The predicted molar refractivity (Wildman–Crippen MR) is 122 cm³/mol. The molecule has 0 saturated carbocycles. The molecule has 1 unspecified atom stereocenters. The van der Waals surface area contributed by atoms with Crippen LogP contribution in [0, 0.1) is 5.92 Å². The van der Waals surface area contributed by atoms with Crippen molar-refractivity contribution in [3.63, 3.8) is 0 Å². The highest BCUT2D eigenvalue weighted by Gasteiger charge is 2.28. The van der Waals surface area contributed by atoms with Gasteiger partial charge in [0.15, 0.2) is 11.5 Å². The van der Waals surface area contributed by atoms with Crippen molar-refractivity contribution in [2.75, 3.05) is 25.1 Å². The first-order valence-electron chi connectivity index (χ1n) is 10.7. The molecule has 1 aliphatic heterocycles. The highest BCUT2D eigenvalue weighted by atomic mass is 16.5. The molecule has 172 valence electrons. The number of pyridine rings is 1. The van der Waals surface area contributed by atoms with Gasteiger partial charge in [0.2, 0.25) is 0 Å². The van der Waals surface area contributed by atoms with Crippen molar-refractivity contribution in [2.45, 2.75) is 45.3 Å². The first-order valence-corrected chi connectivity index (χ1v) is 10.7. The number of nitrogens with zero attached hydrogens (tertiary/aromatic N) is 4. The molecule has 0 radical (unpaired) electrons. The van der Waals surface area contributed by atoms with E-state index in [1.165, 1.54) is 7.11 Å². The molecule has 0 bridgehead atoms. The van der Waals surface area contributed by atoms with Gasteiger partial charge in [-0.15, -0.1) is 6.58 Å². The number of urea groups is 1. The maximum Gasteiger partial charge on any atom is 0.328 e. The van der Waals surface area contributed by atoms with Gasteiger partial charge in [-0.1, -0.05) is 19.9 Å². The minimum Gasteiger partial charge on any atom is -0.467 e. The van der Waals surface area contributed by atoms with Crippen LogP contribution in [0.3, 0.4) is 0 Å². The quantitative estimate of drug-likeness (QED) is 0.492. The van der Waals surface area contributed by atoms with Crippen LogP contribution >= 0.6 is 0 Å². The molecule has 32 heavy (non-hydrogen) atoms. The first kappa shape index (κ1) is 23.2. The number of allylic oxidation sites excluding steroid dienone is 1. The normalized spacial score (nSPS) is 15.4. The number of methoxy groups -OCH3 is 1. The number of piperidine rings is 1. The first-order chi connectivity index (χ1) is 15.3. The van der Waals surface area contributed by atoms with E-state index >= 15 is 0 Å². The number of nitrogens with one attached hydrogen (secondary N) is 2. The third kappa shape index (κ3) is 5.06. The number of hydrogen-bond donors (Lipinski definition) is 2. The molecule has 1 saturated heterocycles. The summed E-state index contributed by atoms with van der Waals surface area (Å²) in [7, 11) is 1.30. The Bertz CT molecular complexity index is 1040. The van der Waals surface area contributed by atoms with Crippen LogP contribution in [-0.2, 0) is 16.1 Å². The summed E-state index contributed by atoms with van der Waals surface area (Å²) >= 11 is 0. The number of carbonyl (C=O) groups excluding carboxylic acids is 2. The van der Waals surface area contributed by atoms with E-state index in [1.54, 1.807) is 22.9 Å². The number of carbonyl (C=O) groups is 2. The Morgan fingerprint density at radius 1 is 1.34 bits per heavy atom. The van der Waals surface area contributed by atoms with Crippen molar-refractivity contribution >= 4 is 29.0 Å². The highest BCUT2D eigenvalue weighted by molar-refractivity contribution is 5.83. The van der Waals surface area contributed by atoms with E-state index in [-0.39, 0.29) is 17.5 Å². The van der Waals surface area contributed by atoms with E-state index < -0.39 is 18.0 Å². The zero-order valence-electron chi connectivity index (χ0n) is 18.7. The molecule has 2 aromatic heterocycles. The molecular formula is C22H30N6O4. The summed E-state index contributed by atoms with van der Waals surface area (Å²) in [6, 6.07) is 2.43. The van der Waals surface area contributed by atoms with Crippen LogP contribution in [0.25, 0.3) is 11.2 Å². The molecule has 2 aromatic rings. The number of hydrogen-bond acceptors (Lipinski definition) is 7. The summed E-state index contributed by atoms with van der Waals surface area (Å²) in [5.74, 6) is -0.195. The maximum absolute atomic E-state index is 13.1. The molecule has 1 atom stereocenters. The fraction of sp³-hybridized carbons (Fsp3) is 0.500. The van der Waals surface area contributed by atoms with Crippen molar-refractivity contribution in [3.05, 3.63) is 41.3 Å². The molecule has 1 aliphatic rings. The van der Waals surface area contributed by atoms with Gasteiger partial charge >= 0.3 is 12.0 Å². The summed E-state index contributed by atoms with van der Waals surface area (Å²) in [6.07, 6.45) is 4.58. The number of anilines is 1. The lowest BCUT2D eigenvalue weighted by atomic mass is 10.0. The van der Waals surface area contributed by atoms with Gasteiger partial charge in [0.1, 0.15) is 11.6 Å². The summed E-state index contributed by atoms with van der Waals surface area (Å²) in [6.45, 7) is 8.89. The lowest BCUT2D eigenvalue weighted by Gasteiger charge is -2.33. The van der Waals surface area contributed by atoms with Crippen LogP contribution in [-0.4, -0.2) is 58.8 Å². The SMILES string of the molecule is C=CCn1c(=O)c(N2CCC(NC(=O)NC(C(=O)OC)C(C)C)CC2)nc2cccnc21. The van der Waals surface area contributed by atoms with Crippen LogP contribution in [0.4, 0.5) is 10.6 Å². The van der Waals surface area contributed by atoms with Crippen LogP contribution in [0.15, 0.2) is 35.8 Å². The Morgan fingerprint density at radius 3 is 2.69 bits per heavy atom. The van der Waals surface area contributed by atoms with Gasteiger partial charge in [0.25, 0.3) is 5.56 Å². The van der Waals surface area contributed by atoms with Gasteiger partial charge in [-0.2, -0.15) is 0 Å². The van der Waals surface area contributed by atoms with Gasteiger partial charge < -0.3 is 20.3 Å². The molecule has 0 spiro atoms. The lowest BCUT2D eigenvalue weighted by molar-refractivity contribution is -0.144.